The fourth-order valence-electron chi connectivity index (χ4n) is 2.28. The van der Waals surface area contributed by atoms with Crippen LogP contribution in [-0.4, -0.2) is 11.1 Å². The van der Waals surface area contributed by atoms with Gasteiger partial charge in [0.25, 0.3) is 0 Å². The number of hydrogen-bond donors (Lipinski definition) is 2. The molecule has 0 aliphatic heterocycles. The smallest absolute Gasteiger partial charge is 0.123 e. The van der Waals surface area contributed by atoms with Crippen molar-refractivity contribution in [3.8, 4) is 5.75 Å². The van der Waals surface area contributed by atoms with Gasteiger partial charge in [-0.1, -0.05) is 0 Å². The van der Waals surface area contributed by atoms with Gasteiger partial charge in [0.15, 0.2) is 0 Å². The highest BCUT2D eigenvalue weighted by atomic mass is 19.1. The van der Waals surface area contributed by atoms with Crippen molar-refractivity contribution in [3.05, 3.63) is 29.6 Å². The van der Waals surface area contributed by atoms with Crippen molar-refractivity contribution in [2.24, 2.45) is 5.73 Å². The Bertz CT molecular complexity index is 345. The van der Waals surface area contributed by atoms with E-state index >= 15 is 0 Å². The highest BCUT2D eigenvalue weighted by Gasteiger charge is 2.22. The summed E-state index contributed by atoms with van der Waals surface area (Å²) in [5, 5.41) is 9.66. The third-order valence-corrected chi connectivity index (χ3v) is 3.20. The van der Waals surface area contributed by atoms with E-state index in [0.29, 0.717) is 0 Å². The lowest BCUT2D eigenvalue weighted by atomic mass is 9.81. The number of hydrogen-bond acceptors (Lipinski definition) is 2. The van der Waals surface area contributed by atoms with Gasteiger partial charge in [0.2, 0.25) is 0 Å². The monoisotopic (exact) mass is 209 g/mol. The molecule has 0 spiro atoms. The second-order valence-electron chi connectivity index (χ2n) is 4.31. The van der Waals surface area contributed by atoms with Gasteiger partial charge in [-0.25, -0.2) is 4.39 Å². The van der Waals surface area contributed by atoms with Gasteiger partial charge in [0, 0.05) is 6.04 Å². The molecule has 3 heteroatoms. The summed E-state index contributed by atoms with van der Waals surface area (Å²) >= 11 is 0. The lowest BCUT2D eigenvalue weighted by Crippen LogP contribution is -2.25. The molecule has 15 heavy (non-hydrogen) atoms. The van der Waals surface area contributed by atoms with Crippen LogP contribution in [0.1, 0.15) is 37.2 Å². The summed E-state index contributed by atoms with van der Waals surface area (Å²) in [6, 6.07) is 4.43. The molecular weight excluding hydrogens is 193 g/mol. The summed E-state index contributed by atoms with van der Waals surface area (Å²) in [5.74, 6) is 0.190. The molecule has 1 aliphatic rings. The Morgan fingerprint density at radius 1 is 1.20 bits per heavy atom. The molecule has 0 heterocycles. The number of phenols is 1. The van der Waals surface area contributed by atoms with Crippen LogP contribution in [0, 0.1) is 5.82 Å². The van der Waals surface area contributed by atoms with Gasteiger partial charge in [-0.05, 0) is 55.4 Å². The molecule has 1 aromatic rings. The second-order valence-corrected chi connectivity index (χ2v) is 4.31. The topological polar surface area (TPSA) is 46.2 Å². The van der Waals surface area contributed by atoms with Crippen LogP contribution in [0.15, 0.2) is 18.2 Å². The third kappa shape index (κ3) is 2.29. The summed E-state index contributed by atoms with van der Waals surface area (Å²) in [7, 11) is 0. The maximum atomic E-state index is 13.0. The van der Waals surface area contributed by atoms with Gasteiger partial charge in [-0.2, -0.15) is 0 Å². The largest absolute Gasteiger partial charge is 0.508 e. The van der Waals surface area contributed by atoms with Crippen molar-refractivity contribution in [1.29, 1.82) is 0 Å². The quantitative estimate of drug-likeness (QED) is 0.746. The van der Waals surface area contributed by atoms with Crippen LogP contribution in [0.2, 0.25) is 0 Å². The van der Waals surface area contributed by atoms with Crippen molar-refractivity contribution in [3.63, 3.8) is 0 Å². The van der Waals surface area contributed by atoms with Crippen molar-refractivity contribution in [1.82, 2.24) is 0 Å². The minimum atomic E-state index is -0.280. The zero-order valence-corrected chi connectivity index (χ0v) is 8.62. The van der Waals surface area contributed by atoms with E-state index in [4.69, 9.17) is 5.73 Å². The van der Waals surface area contributed by atoms with Gasteiger partial charge in [-0.15, -0.1) is 0 Å². The Morgan fingerprint density at radius 2 is 1.87 bits per heavy atom. The Labute approximate surface area is 88.9 Å². The van der Waals surface area contributed by atoms with E-state index in [0.717, 1.165) is 31.2 Å². The van der Waals surface area contributed by atoms with E-state index in [1.807, 2.05) is 0 Å². The van der Waals surface area contributed by atoms with E-state index in [-0.39, 0.29) is 23.5 Å². The first-order valence-electron chi connectivity index (χ1n) is 5.41. The first kappa shape index (κ1) is 10.4. The van der Waals surface area contributed by atoms with Crippen molar-refractivity contribution in [2.45, 2.75) is 37.6 Å². The second kappa shape index (κ2) is 4.19. The van der Waals surface area contributed by atoms with Crippen LogP contribution >= 0.6 is 0 Å². The van der Waals surface area contributed by atoms with Crippen molar-refractivity contribution < 1.29 is 9.50 Å². The van der Waals surface area contributed by atoms with Crippen LogP contribution in [0.5, 0.6) is 5.75 Å². The molecule has 0 radical (unpaired) electrons. The molecule has 0 aromatic heterocycles. The summed E-state index contributed by atoms with van der Waals surface area (Å²) < 4.78 is 13.0. The Kier molecular flexibility index (Phi) is 2.91. The fourth-order valence-corrected chi connectivity index (χ4v) is 2.28. The van der Waals surface area contributed by atoms with Crippen LogP contribution < -0.4 is 5.73 Å². The standard InChI is InChI=1S/C12H16FNO/c13-9-3-6-12(15)11(7-9)8-1-4-10(14)5-2-8/h3,6-8,10,15H,1-2,4-5,14H2. The van der Waals surface area contributed by atoms with E-state index in [2.05, 4.69) is 0 Å². The summed E-state index contributed by atoms with van der Waals surface area (Å²) in [4.78, 5) is 0. The number of benzene rings is 1. The minimum absolute atomic E-state index is 0.205. The van der Waals surface area contributed by atoms with E-state index in [1.54, 1.807) is 0 Å². The highest BCUT2D eigenvalue weighted by molar-refractivity contribution is 5.35. The Hall–Kier alpha value is -1.09. The molecule has 0 atom stereocenters. The molecule has 0 amide bonds. The van der Waals surface area contributed by atoms with Gasteiger partial charge in [0.05, 0.1) is 0 Å². The van der Waals surface area contributed by atoms with Crippen LogP contribution in [0.3, 0.4) is 0 Å². The third-order valence-electron chi connectivity index (χ3n) is 3.20. The normalized spacial score (nSPS) is 26.5. The zero-order chi connectivity index (χ0) is 10.8. The minimum Gasteiger partial charge on any atom is -0.508 e. The molecule has 1 fully saturated rings. The molecule has 82 valence electrons. The number of rotatable bonds is 1. The predicted octanol–water partition coefficient (Wildman–Crippen LogP) is 2.52. The lowest BCUT2D eigenvalue weighted by Gasteiger charge is -2.26. The van der Waals surface area contributed by atoms with E-state index in [9.17, 15) is 9.50 Å². The fraction of sp³-hybridized carbons (Fsp3) is 0.500. The predicted molar refractivity (Wildman–Crippen MR) is 57.2 cm³/mol. The van der Waals surface area contributed by atoms with Gasteiger partial charge < -0.3 is 10.8 Å². The highest BCUT2D eigenvalue weighted by Crippen LogP contribution is 2.36. The molecule has 0 saturated heterocycles. The first-order chi connectivity index (χ1) is 7.16. The van der Waals surface area contributed by atoms with E-state index < -0.39 is 0 Å². The van der Waals surface area contributed by atoms with Crippen LogP contribution in [-0.2, 0) is 0 Å². The lowest BCUT2D eigenvalue weighted by molar-refractivity contribution is 0.380. The SMILES string of the molecule is NC1CCC(c2cc(F)ccc2O)CC1. The number of aromatic hydroxyl groups is 1. The molecule has 1 saturated carbocycles. The maximum Gasteiger partial charge on any atom is 0.123 e. The van der Waals surface area contributed by atoms with Crippen LogP contribution in [0.25, 0.3) is 0 Å². The maximum absolute atomic E-state index is 13.0. The van der Waals surface area contributed by atoms with Crippen molar-refractivity contribution in [2.75, 3.05) is 0 Å². The van der Waals surface area contributed by atoms with Gasteiger partial charge in [-0.3, -0.25) is 0 Å². The zero-order valence-electron chi connectivity index (χ0n) is 8.62. The molecule has 0 bridgehead atoms. The molecule has 2 nitrogen and oxygen atoms in total. The molecule has 3 N–H and O–H groups in total. The Balaban J connectivity index is 2.18. The average Bonchev–Trinajstić information content (AvgIpc) is 2.23. The van der Waals surface area contributed by atoms with E-state index in [1.165, 1.54) is 18.2 Å². The molecule has 1 aliphatic carbocycles. The van der Waals surface area contributed by atoms with Gasteiger partial charge >= 0.3 is 0 Å². The molecule has 0 unspecified atom stereocenters. The van der Waals surface area contributed by atoms with Crippen LogP contribution in [0.4, 0.5) is 4.39 Å². The molecule has 2 rings (SSSR count). The number of nitrogens with two attached hydrogens (primary N) is 1. The number of halogens is 1. The molecule has 1 aromatic carbocycles. The summed E-state index contributed by atoms with van der Waals surface area (Å²) in [6.07, 6.45) is 3.80. The first-order valence-corrected chi connectivity index (χ1v) is 5.41. The summed E-state index contributed by atoms with van der Waals surface area (Å²) in [5.41, 5.74) is 6.54. The molecular formula is C12H16FNO. The average molecular weight is 209 g/mol. The summed E-state index contributed by atoms with van der Waals surface area (Å²) in [6.45, 7) is 0. The number of phenolic OH excluding ortho intramolecular Hbond substituents is 1. The Morgan fingerprint density at radius 3 is 2.53 bits per heavy atom. The van der Waals surface area contributed by atoms with Gasteiger partial charge in [0.1, 0.15) is 11.6 Å². The van der Waals surface area contributed by atoms with Crippen molar-refractivity contribution >= 4 is 0 Å².